The molecule has 2 heterocycles. The van der Waals surface area contributed by atoms with Gasteiger partial charge in [0.05, 0.1) is 5.39 Å². The second-order valence-corrected chi connectivity index (χ2v) is 3.99. The predicted molar refractivity (Wildman–Crippen MR) is 62.4 cm³/mol. The summed E-state index contributed by atoms with van der Waals surface area (Å²) in [5, 5.41) is 14.8. The van der Waals surface area contributed by atoms with Gasteiger partial charge >= 0.3 is 0 Å². The highest BCUT2D eigenvalue weighted by molar-refractivity contribution is 6.01. The Morgan fingerprint density at radius 2 is 1.82 bits per heavy atom. The van der Waals surface area contributed by atoms with Crippen LogP contribution in [0.1, 0.15) is 0 Å². The molecule has 0 amide bonds. The minimum absolute atomic E-state index is 0.692. The standard InChI is InChI=1S/C13H8N2O2/c16-15-13-8-4-1-2-6-10(8)17-11-7-3-5-9(14-15)12(11)13/h1-7,16H. The van der Waals surface area contributed by atoms with Gasteiger partial charge in [0.2, 0.25) is 0 Å². The number of aromatic nitrogens is 2. The molecule has 1 aromatic heterocycles. The van der Waals surface area contributed by atoms with Gasteiger partial charge in [0.15, 0.2) is 0 Å². The van der Waals surface area contributed by atoms with Crippen molar-refractivity contribution < 1.29 is 9.94 Å². The largest absolute Gasteiger partial charge is 0.456 e. The van der Waals surface area contributed by atoms with E-state index in [1.165, 1.54) is 0 Å². The number of ether oxygens (including phenoxy) is 1. The monoisotopic (exact) mass is 224 g/mol. The van der Waals surface area contributed by atoms with Gasteiger partial charge in [-0.3, -0.25) is 0 Å². The van der Waals surface area contributed by atoms with E-state index in [9.17, 15) is 5.21 Å². The van der Waals surface area contributed by atoms with E-state index in [1.807, 2.05) is 42.5 Å². The van der Waals surface area contributed by atoms with Crippen LogP contribution in [0.3, 0.4) is 0 Å². The molecule has 0 atom stereocenters. The smallest absolute Gasteiger partial charge is 0.139 e. The zero-order valence-corrected chi connectivity index (χ0v) is 8.79. The van der Waals surface area contributed by atoms with Crippen molar-refractivity contribution in [1.29, 1.82) is 0 Å². The molecule has 0 spiro atoms. The first-order valence-corrected chi connectivity index (χ1v) is 5.33. The van der Waals surface area contributed by atoms with Crippen LogP contribution in [0.25, 0.3) is 22.2 Å². The molecule has 3 aromatic rings. The molecule has 0 bridgehead atoms. The summed E-state index contributed by atoms with van der Waals surface area (Å²) in [4.78, 5) is 0.926. The van der Waals surface area contributed by atoms with Gasteiger partial charge in [0, 0.05) is 5.56 Å². The third-order valence-corrected chi connectivity index (χ3v) is 3.01. The van der Waals surface area contributed by atoms with Gasteiger partial charge in [-0.2, -0.15) is 0 Å². The molecule has 0 saturated heterocycles. The van der Waals surface area contributed by atoms with E-state index in [1.54, 1.807) is 0 Å². The zero-order chi connectivity index (χ0) is 11.4. The molecular weight excluding hydrogens is 216 g/mol. The van der Waals surface area contributed by atoms with Crippen molar-refractivity contribution in [2.45, 2.75) is 0 Å². The van der Waals surface area contributed by atoms with Crippen LogP contribution >= 0.6 is 0 Å². The van der Waals surface area contributed by atoms with Crippen molar-refractivity contribution in [1.82, 2.24) is 9.94 Å². The molecule has 4 heteroatoms. The van der Waals surface area contributed by atoms with Crippen LogP contribution in [0.5, 0.6) is 11.5 Å². The van der Waals surface area contributed by atoms with E-state index in [4.69, 9.17) is 4.74 Å². The molecule has 0 radical (unpaired) electrons. The van der Waals surface area contributed by atoms with E-state index in [2.05, 4.69) is 5.10 Å². The molecule has 82 valence electrons. The van der Waals surface area contributed by atoms with Gasteiger partial charge in [-0.05, 0) is 24.3 Å². The van der Waals surface area contributed by atoms with E-state index < -0.39 is 0 Å². The van der Waals surface area contributed by atoms with Crippen molar-refractivity contribution in [3.05, 3.63) is 42.5 Å². The Bertz CT molecular complexity index is 746. The van der Waals surface area contributed by atoms with E-state index in [0.29, 0.717) is 5.69 Å². The summed E-state index contributed by atoms with van der Waals surface area (Å²) >= 11 is 0. The normalized spacial score (nSPS) is 12.2. The number of fused-ring (bicyclic) bond motifs is 2. The van der Waals surface area contributed by atoms with E-state index in [-0.39, 0.29) is 0 Å². The molecule has 1 aliphatic heterocycles. The summed E-state index contributed by atoms with van der Waals surface area (Å²) in [6.07, 6.45) is 0. The Labute approximate surface area is 96.6 Å². The Hall–Kier alpha value is -2.49. The lowest BCUT2D eigenvalue weighted by Crippen LogP contribution is -2.00. The lowest BCUT2D eigenvalue weighted by atomic mass is 10.0. The Morgan fingerprint density at radius 1 is 1.00 bits per heavy atom. The van der Waals surface area contributed by atoms with Crippen molar-refractivity contribution in [2.75, 3.05) is 0 Å². The average molecular weight is 224 g/mol. The van der Waals surface area contributed by atoms with Crippen molar-refractivity contribution in [2.24, 2.45) is 0 Å². The van der Waals surface area contributed by atoms with Crippen LogP contribution in [-0.4, -0.2) is 15.2 Å². The highest BCUT2D eigenvalue weighted by Crippen LogP contribution is 2.45. The first kappa shape index (κ1) is 8.64. The van der Waals surface area contributed by atoms with Crippen LogP contribution in [0.4, 0.5) is 0 Å². The predicted octanol–water partition coefficient (Wildman–Crippen LogP) is 3.05. The number of hydrogen-bond acceptors (Lipinski definition) is 3. The molecule has 0 saturated carbocycles. The van der Waals surface area contributed by atoms with Crippen LogP contribution < -0.4 is 4.74 Å². The molecule has 1 N–H and O–H groups in total. The van der Waals surface area contributed by atoms with Gasteiger partial charge in [0.25, 0.3) is 0 Å². The highest BCUT2D eigenvalue weighted by atomic mass is 16.5. The highest BCUT2D eigenvalue weighted by Gasteiger charge is 2.24. The van der Waals surface area contributed by atoms with E-state index >= 15 is 0 Å². The summed E-state index contributed by atoms with van der Waals surface area (Å²) < 4.78 is 5.80. The minimum Gasteiger partial charge on any atom is -0.456 e. The minimum atomic E-state index is 0.692. The lowest BCUT2D eigenvalue weighted by Gasteiger charge is -2.16. The summed E-state index contributed by atoms with van der Waals surface area (Å²) in [6, 6.07) is 13.2. The molecule has 4 nitrogen and oxygen atoms in total. The molecule has 1 aliphatic rings. The zero-order valence-electron chi connectivity index (χ0n) is 8.79. The fourth-order valence-electron chi connectivity index (χ4n) is 2.29. The van der Waals surface area contributed by atoms with Gasteiger partial charge < -0.3 is 9.94 Å². The Morgan fingerprint density at radius 3 is 2.76 bits per heavy atom. The summed E-state index contributed by atoms with van der Waals surface area (Å²) in [7, 11) is 0. The maximum atomic E-state index is 9.89. The fraction of sp³-hybridized carbons (Fsp3) is 0. The van der Waals surface area contributed by atoms with Crippen LogP contribution in [0, 0.1) is 0 Å². The molecule has 4 rings (SSSR count). The summed E-state index contributed by atoms with van der Waals surface area (Å²) in [5.41, 5.74) is 2.28. The van der Waals surface area contributed by atoms with Crippen molar-refractivity contribution in [3.8, 4) is 22.8 Å². The first-order chi connectivity index (χ1) is 8.34. The molecule has 2 aromatic carbocycles. The number of rotatable bonds is 0. The third kappa shape index (κ3) is 0.990. The van der Waals surface area contributed by atoms with Crippen LogP contribution in [-0.2, 0) is 0 Å². The average Bonchev–Trinajstić information content (AvgIpc) is 2.69. The van der Waals surface area contributed by atoms with Gasteiger partial charge in [-0.25, -0.2) is 0 Å². The van der Waals surface area contributed by atoms with Gasteiger partial charge in [0.1, 0.15) is 22.7 Å². The van der Waals surface area contributed by atoms with Crippen molar-refractivity contribution in [3.63, 3.8) is 0 Å². The second kappa shape index (κ2) is 2.79. The molecule has 0 aliphatic carbocycles. The first-order valence-electron chi connectivity index (χ1n) is 5.33. The maximum Gasteiger partial charge on any atom is 0.139 e. The molecule has 0 fully saturated rings. The van der Waals surface area contributed by atoms with Crippen LogP contribution in [0.2, 0.25) is 0 Å². The quantitative estimate of drug-likeness (QED) is 0.467. The molecule has 17 heavy (non-hydrogen) atoms. The second-order valence-electron chi connectivity index (χ2n) is 3.99. The molecule has 0 unspecified atom stereocenters. The number of para-hydroxylation sites is 1. The maximum absolute atomic E-state index is 9.89. The van der Waals surface area contributed by atoms with Crippen LogP contribution in [0.15, 0.2) is 42.5 Å². The SMILES string of the molecule is On1nc2cccc3c2c1-c1ccccc1O3. The topological polar surface area (TPSA) is 47.3 Å². The summed E-state index contributed by atoms with van der Waals surface area (Å²) in [6.45, 7) is 0. The third-order valence-electron chi connectivity index (χ3n) is 3.01. The van der Waals surface area contributed by atoms with Crippen molar-refractivity contribution >= 4 is 10.9 Å². The van der Waals surface area contributed by atoms with Gasteiger partial charge in [-0.15, -0.1) is 9.94 Å². The van der Waals surface area contributed by atoms with Gasteiger partial charge in [-0.1, -0.05) is 18.2 Å². The Kier molecular flexibility index (Phi) is 1.42. The van der Waals surface area contributed by atoms with E-state index in [0.717, 1.165) is 32.8 Å². The summed E-state index contributed by atoms with van der Waals surface area (Å²) in [5.74, 6) is 1.47. The Balaban J connectivity index is 2.24. The molecular formula is C13H8N2O2. The fourth-order valence-corrected chi connectivity index (χ4v) is 2.29. The lowest BCUT2D eigenvalue weighted by molar-refractivity contribution is 0.155. The number of nitrogens with zero attached hydrogens (tertiary/aromatic N) is 2. The number of hydrogen-bond donors (Lipinski definition) is 1. The number of benzene rings is 2.